The number of anilines is 1. The number of amides is 1. The first-order chi connectivity index (χ1) is 12.5. The molecule has 0 aliphatic carbocycles. The highest BCUT2D eigenvalue weighted by molar-refractivity contribution is 5.89. The largest absolute Gasteiger partial charge is 0.491 e. The standard InChI is InChI=1S/C20H24N2O4/c1-14(2)26-18-10-4-15(5-11-18)12-22-19(23)13-21-17-8-6-16(7-9-17)20(24)25-3/h4-11,14,21H,12-13H2,1-3H3,(H,22,23). The predicted octanol–water partition coefficient (Wildman–Crippen LogP) is 2.99. The first-order valence-corrected chi connectivity index (χ1v) is 8.42. The van der Waals surface area contributed by atoms with E-state index in [9.17, 15) is 9.59 Å². The molecule has 2 N–H and O–H groups in total. The molecule has 0 saturated heterocycles. The van der Waals surface area contributed by atoms with Crippen LogP contribution in [-0.4, -0.2) is 31.6 Å². The summed E-state index contributed by atoms with van der Waals surface area (Å²) in [4.78, 5) is 23.3. The molecule has 2 aromatic carbocycles. The van der Waals surface area contributed by atoms with Crippen molar-refractivity contribution in [3.63, 3.8) is 0 Å². The van der Waals surface area contributed by atoms with Crippen LogP contribution in [0.15, 0.2) is 48.5 Å². The van der Waals surface area contributed by atoms with Gasteiger partial charge in [0.25, 0.3) is 0 Å². The third-order valence-electron chi connectivity index (χ3n) is 3.54. The third-order valence-corrected chi connectivity index (χ3v) is 3.54. The summed E-state index contributed by atoms with van der Waals surface area (Å²) in [6.45, 7) is 4.55. The zero-order chi connectivity index (χ0) is 18.9. The van der Waals surface area contributed by atoms with Crippen LogP contribution in [0.2, 0.25) is 0 Å². The Bertz CT molecular complexity index is 724. The van der Waals surface area contributed by atoms with Gasteiger partial charge in [0.05, 0.1) is 25.3 Å². The van der Waals surface area contributed by atoms with E-state index in [4.69, 9.17) is 4.74 Å². The summed E-state index contributed by atoms with van der Waals surface area (Å²) >= 11 is 0. The summed E-state index contributed by atoms with van der Waals surface area (Å²) in [6, 6.07) is 14.4. The fraction of sp³-hybridized carbons (Fsp3) is 0.300. The molecule has 0 aromatic heterocycles. The van der Waals surface area contributed by atoms with E-state index in [1.807, 2.05) is 38.1 Å². The molecule has 0 bridgehead atoms. The Hall–Kier alpha value is -3.02. The lowest BCUT2D eigenvalue weighted by atomic mass is 10.2. The molecule has 0 fully saturated rings. The molecule has 0 aliphatic heterocycles. The van der Waals surface area contributed by atoms with Gasteiger partial charge in [0.1, 0.15) is 5.75 Å². The Labute approximate surface area is 153 Å². The van der Waals surface area contributed by atoms with Gasteiger partial charge in [-0.25, -0.2) is 4.79 Å². The van der Waals surface area contributed by atoms with Gasteiger partial charge >= 0.3 is 5.97 Å². The number of rotatable bonds is 8. The van der Waals surface area contributed by atoms with Gasteiger partial charge in [-0.2, -0.15) is 0 Å². The van der Waals surface area contributed by atoms with Crippen LogP contribution < -0.4 is 15.4 Å². The van der Waals surface area contributed by atoms with Crippen molar-refractivity contribution in [3.8, 4) is 5.75 Å². The molecule has 0 unspecified atom stereocenters. The summed E-state index contributed by atoms with van der Waals surface area (Å²) in [5, 5.41) is 5.86. The predicted molar refractivity (Wildman–Crippen MR) is 100 cm³/mol. The van der Waals surface area contributed by atoms with Crippen molar-refractivity contribution in [1.82, 2.24) is 5.32 Å². The maximum absolute atomic E-state index is 12.0. The SMILES string of the molecule is COC(=O)c1ccc(NCC(=O)NCc2ccc(OC(C)C)cc2)cc1. The number of carbonyl (C=O) groups is 2. The number of hydrogen-bond acceptors (Lipinski definition) is 5. The smallest absolute Gasteiger partial charge is 0.337 e. The Morgan fingerprint density at radius 1 is 1.00 bits per heavy atom. The molecular formula is C20H24N2O4. The van der Waals surface area contributed by atoms with Crippen LogP contribution in [0.4, 0.5) is 5.69 Å². The summed E-state index contributed by atoms with van der Waals surface area (Å²) in [6.07, 6.45) is 0.133. The highest BCUT2D eigenvalue weighted by Crippen LogP contribution is 2.14. The highest BCUT2D eigenvalue weighted by atomic mass is 16.5. The van der Waals surface area contributed by atoms with Crippen LogP contribution in [-0.2, 0) is 16.1 Å². The molecule has 1 amide bonds. The molecule has 0 radical (unpaired) electrons. The average Bonchev–Trinajstić information content (AvgIpc) is 2.65. The van der Waals surface area contributed by atoms with Crippen molar-refractivity contribution >= 4 is 17.6 Å². The molecule has 0 atom stereocenters. The van der Waals surface area contributed by atoms with Crippen molar-refractivity contribution < 1.29 is 19.1 Å². The number of benzene rings is 2. The summed E-state index contributed by atoms with van der Waals surface area (Å²) in [7, 11) is 1.34. The lowest BCUT2D eigenvalue weighted by Gasteiger charge is -2.11. The second-order valence-corrected chi connectivity index (χ2v) is 6.01. The van der Waals surface area contributed by atoms with E-state index in [1.54, 1.807) is 24.3 Å². The molecule has 2 aromatic rings. The minimum Gasteiger partial charge on any atom is -0.491 e. The van der Waals surface area contributed by atoms with Crippen molar-refractivity contribution in [1.29, 1.82) is 0 Å². The van der Waals surface area contributed by atoms with Gasteiger partial charge < -0.3 is 20.1 Å². The highest BCUT2D eigenvalue weighted by Gasteiger charge is 2.06. The van der Waals surface area contributed by atoms with Crippen molar-refractivity contribution in [2.24, 2.45) is 0 Å². The maximum atomic E-state index is 12.0. The zero-order valence-electron chi connectivity index (χ0n) is 15.2. The molecule has 0 heterocycles. The van der Waals surface area contributed by atoms with Gasteiger partial charge in [-0.15, -0.1) is 0 Å². The van der Waals surface area contributed by atoms with Crippen molar-refractivity contribution in [3.05, 3.63) is 59.7 Å². The molecule has 0 aliphatic rings. The lowest BCUT2D eigenvalue weighted by molar-refractivity contribution is -0.119. The molecular weight excluding hydrogens is 332 g/mol. The normalized spacial score (nSPS) is 10.3. The third kappa shape index (κ3) is 6.12. The van der Waals surface area contributed by atoms with Crippen LogP contribution >= 0.6 is 0 Å². The monoisotopic (exact) mass is 356 g/mol. The van der Waals surface area contributed by atoms with E-state index >= 15 is 0 Å². The first kappa shape index (κ1) is 19.3. The Morgan fingerprint density at radius 2 is 1.65 bits per heavy atom. The van der Waals surface area contributed by atoms with E-state index in [1.165, 1.54) is 7.11 Å². The molecule has 0 spiro atoms. The molecule has 138 valence electrons. The maximum Gasteiger partial charge on any atom is 0.337 e. The van der Waals surface area contributed by atoms with E-state index < -0.39 is 0 Å². The second-order valence-electron chi connectivity index (χ2n) is 6.01. The zero-order valence-corrected chi connectivity index (χ0v) is 15.2. The number of hydrogen-bond donors (Lipinski definition) is 2. The van der Waals surface area contributed by atoms with Gasteiger partial charge in [-0.05, 0) is 55.8 Å². The Morgan fingerprint density at radius 3 is 2.23 bits per heavy atom. The van der Waals surface area contributed by atoms with E-state index in [2.05, 4.69) is 15.4 Å². The van der Waals surface area contributed by atoms with Crippen LogP contribution in [0.5, 0.6) is 5.75 Å². The minimum absolute atomic E-state index is 0.121. The topological polar surface area (TPSA) is 76.7 Å². The quantitative estimate of drug-likeness (QED) is 0.711. The number of esters is 1. The van der Waals surface area contributed by atoms with E-state index in [0.717, 1.165) is 17.0 Å². The Balaban J connectivity index is 1.75. The summed E-state index contributed by atoms with van der Waals surface area (Å²) in [5.74, 6) is 0.302. The summed E-state index contributed by atoms with van der Waals surface area (Å²) < 4.78 is 10.2. The summed E-state index contributed by atoms with van der Waals surface area (Å²) in [5.41, 5.74) is 2.22. The van der Waals surface area contributed by atoms with Gasteiger partial charge in [0.15, 0.2) is 0 Å². The fourth-order valence-corrected chi connectivity index (χ4v) is 2.25. The van der Waals surface area contributed by atoms with E-state index in [-0.39, 0.29) is 24.5 Å². The lowest BCUT2D eigenvalue weighted by Crippen LogP contribution is -2.29. The molecule has 26 heavy (non-hydrogen) atoms. The van der Waals surface area contributed by atoms with Gasteiger partial charge in [0, 0.05) is 12.2 Å². The number of ether oxygens (including phenoxy) is 2. The number of nitrogens with one attached hydrogen (secondary N) is 2. The average molecular weight is 356 g/mol. The molecule has 2 rings (SSSR count). The van der Waals surface area contributed by atoms with Crippen LogP contribution in [0, 0.1) is 0 Å². The van der Waals surface area contributed by atoms with Crippen molar-refractivity contribution in [2.75, 3.05) is 19.0 Å². The number of methoxy groups -OCH3 is 1. The van der Waals surface area contributed by atoms with Gasteiger partial charge in [-0.1, -0.05) is 12.1 Å². The van der Waals surface area contributed by atoms with Crippen LogP contribution in [0.25, 0.3) is 0 Å². The van der Waals surface area contributed by atoms with Crippen LogP contribution in [0.1, 0.15) is 29.8 Å². The number of carbonyl (C=O) groups excluding carboxylic acids is 2. The molecule has 6 heteroatoms. The fourth-order valence-electron chi connectivity index (χ4n) is 2.25. The van der Waals surface area contributed by atoms with E-state index in [0.29, 0.717) is 12.1 Å². The Kier molecular flexibility index (Phi) is 7.02. The second kappa shape index (κ2) is 9.46. The first-order valence-electron chi connectivity index (χ1n) is 8.42. The molecule has 6 nitrogen and oxygen atoms in total. The minimum atomic E-state index is -0.390. The van der Waals surface area contributed by atoms with Gasteiger partial charge in [0.2, 0.25) is 5.91 Å². The molecule has 0 saturated carbocycles. The van der Waals surface area contributed by atoms with Crippen molar-refractivity contribution in [2.45, 2.75) is 26.5 Å². The van der Waals surface area contributed by atoms with Gasteiger partial charge in [-0.3, -0.25) is 4.79 Å². The van der Waals surface area contributed by atoms with Crippen LogP contribution in [0.3, 0.4) is 0 Å².